The van der Waals surface area contributed by atoms with Crippen LogP contribution in [0, 0.1) is 0 Å². The number of aldehydes is 1. The topological polar surface area (TPSA) is 113 Å². The van der Waals surface area contributed by atoms with Crippen molar-refractivity contribution in [2.75, 3.05) is 33.5 Å². The zero-order valence-electron chi connectivity index (χ0n) is 16.2. The zero-order chi connectivity index (χ0) is 22.4. The van der Waals surface area contributed by atoms with E-state index in [4.69, 9.17) is 18.6 Å². The van der Waals surface area contributed by atoms with Crippen LogP contribution < -0.4 is 4.74 Å². The molecule has 31 heavy (non-hydrogen) atoms. The molecule has 0 atom stereocenters. The van der Waals surface area contributed by atoms with Gasteiger partial charge in [-0.05, 0) is 6.07 Å². The van der Waals surface area contributed by atoms with Gasteiger partial charge in [-0.3, -0.25) is 14.3 Å². The van der Waals surface area contributed by atoms with Crippen LogP contribution in [0.3, 0.4) is 0 Å². The first kappa shape index (κ1) is 22.7. The van der Waals surface area contributed by atoms with Crippen molar-refractivity contribution in [3.05, 3.63) is 41.3 Å². The van der Waals surface area contributed by atoms with Crippen LogP contribution in [0.1, 0.15) is 32.9 Å². The number of amides is 1. The van der Waals surface area contributed by atoms with Gasteiger partial charge in [0.1, 0.15) is 6.61 Å². The number of aromatic nitrogens is 2. The molecule has 10 nitrogen and oxygen atoms in total. The minimum Gasteiger partial charge on any atom is -0.447 e. The molecule has 1 amide bonds. The third-order valence-corrected chi connectivity index (χ3v) is 4.26. The van der Waals surface area contributed by atoms with E-state index in [-0.39, 0.29) is 42.2 Å². The quantitative estimate of drug-likeness (QED) is 0.445. The number of likely N-dealkylation sites (N-methyl/N-ethyl adjacent to an activating group) is 1. The summed E-state index contributed by atoms with van der Waals surface area (Å²) in [6.45, 7) is -1.04. The van der Waals surface area contributed by atoms with E-state index in [1.54, 1.807) is 31.3 Å². The normalized spacial score (nSPS) is 19.1. The predicted molar refractivity (Wildman–Crippen MR) is 94.2 cm³/mol. The molecule has 3 rings (SSSR count). The molecule has 1 fully saturated rings. The highest BCUT2D eigenvalue weighted by Crippen LogP contribution is 2.26. The summed E-state index contributed by atoms with van der Waals surface area (Å²) in [5.74, 6) is -0.460. The third-order valence-electron chi connectivity index (χ3n) is 4.26. The maximum absolute atomic E-state index is 12.7. The highest BCUT2D eigenvalue weighted by molar-refractivity contribution is 6.01. The van der Waals surface area contributed by atoms with Crippen molar-refractivity contribution in [3.8, 4) is 6.08 Å². The Bertz CT molecular complexity index is 898. The number of benzene rings is 1. The molecule has 1 aliphatic rings. The summed E-state index contributed by atoms with van der Waals surface area (Å²) < 4.78 is 60.3. The molecule has 2 aromatic rings. The summed E-state index contributed by atoms with van der Waals surface area (Å²) in [7, 11) is 1.56. The van der Waals surface area contributed by atoms with E-state index in [2.05, 4.69) is 14.9 Å². The van der Waals surface area contributed by atoms with E-state index in [9.17, 15) is 22.8 Å². The second-order valence-corrected chi connectivity index (χ2v) is 6.32. The molecule has 0 spiro atoms. The van der Waals surface area contributed by atoms with Gasteiger partial charge in [0, 0.05) is 12.6 Å². The van der Waals surface area contributed by atoms with Crippen molar-refractivity contribution in [2.24, 2.45) is 0 Å². The molecule has 0 unspecified atom stereocenters. The number of ether oxygens (including phenoxy) is 4. The lowest BCUT2D eigenvalue weighted by Gasteiger charge is -2.33. The van der Waals surface area contributed by atoms with Gasteiger partial charge in [0.25, 0.3) is 11.8 Å². The first-order valence-corrected chi connectivity index (χ1v) is 9.00. The molecule has 1 aromatic carbocycles. The first-order chi connectivity index (χ1) is 14.8. The number of carbonyl (C=O) groups is 2. The Morgan fingerprint density at radius 3 is 2.61 bits per heavy atom. The second kappa shape index (κ2) is 9.85. The Labute approximate surface area is 173 Å². The molecule has 0 saturated carbocycles. The number of hydrogen-bond acceptors (Lipinski definition) is 9. The molecule has 0 radical (unpaired) electrons. The van der Waals surface area contributed by atoms with Crippen LogP contribution in [-0.4, -0.2) is 73.2 Å². The van der Waals surface area contributed by atoms with Gasteiger partial charge in [-0.1, -0.05) is 23.3 Å². The van der Waals surface area contributed by atoms with E-state index in [1.165, 1.54) is 4.90 Å². The molecule has 168 valence electrons. The lowest BCUT2D eigenvalue weighted by Crippen LogP contribution is -2.46. The summed E-state index contributed by atoms with van der Waals surface area (Å²) in [6.07, 6.45) is -5.55. The SMILES string of the molecule is CN(C(=O)c1ccccc1C=O)C1COC(c2nnc(OCCOC(F)(F)F)o2)OC1. The average molecular weight is 445 g/mol. The third kappa shape index (κ3) is 5.99. The standard InChI is InChI=1S/C18H18F3N3O7/c1-24(15(26)13-5-3-2-4-11(13)8-25)12-9-28-16(29-10-12)14-22-23-17(31-14)27-6-7-30-18(19,20)21/h2-5,8,12,16H,6-7,9-10H2,1H3. The maximum Gasteiger partial charge on any atom is 0.522 e. The van der Waals surface area contributed by atoms with E-state index in [1.807, 2.05) is 0 Å². The van der Waals surface area contributed by atoms with Crippen molar-refractivity contribution >= 4 is 12.2 Å². The van der Waals surface area contributed by atoms with Crippen LogP contribution in [0.25, 0.3) is 0 Å². The van der Waals surface area contributed by atoms with Gasteiger partial charge in [-0.15, -0.1) is 18.3 Å². The number of carbonyl (C=O) groups excluding carboxylic acids is 2. The molecule has 1 aliphatic heterocycles. The van der Waals surface area contributed by atoms with Gasteiger partial charge in [-0.25, -0.2) is 0 Å². The van der Waals surface area contributed by atoms with Crippen LogP contribution in [-0.2, 0) is 14.2 Å². The fourth-order valence-corrected chi connectivity index (χ4v) is 2.67. The van der Waals surface area contributed by atoms with Crippen molar-refractivity contribution in [1.29, 1.82) is 0 Å². The lowest BCUT2D eigenvalue weighted by atomic mass is 10.1. The number of rotatable bonds is 8. The van der Waals surface area contributed by atoms with Crippen LogP contribution in [0.5, 0.6) is 6.08 Å². The number of hydrogen-bond donors (Lipinski definition) is 0. The number of alkyl halides is 3. The molecule has 1 saturated heterocycles. The zero-order valence-corrected chi connectivity index (χ0v) is 16.2. The van der Waals surface area contributed by atoms with E-state index in [0.717, 1.165) is 0 Å². The molecular weight excluding hydrogens is 427 g/mol. The first-order valence-electron chi connectivity index (χ1n) is 9.00. The van der Waals surface area contributed by atoms with Crippen molar-refractivity contribution in [1.82, 2.24) is 15.1 Å². The Balaban J connectivity index is 1.50. The molecule has 0 N–H and O–H groups in total. The fraction of sp³-hybridized carbons (Fsp3) is 0.444. The van der Waals surface area contributed by atoms with Crippen molar-refractivity contribution < 1.29 is 46.1 Å². The maximum atomic E-state index is 12.7. The van der Waals surface area contributed by atoms with Crippen molar-refractivity contribution in [3.63, 3.8) is 0 Å². The Morgan fingerprint density at radius 2 is 1.94 bits per heavy atom. The van der Waals surface area contributed by atoms with Gasteiger partial charge >= 0.3 is 12.4 Å². The Morgan fingerprint density at radius 1 is 1.23 bits per heavy atom. The fourth-order valence-electron chi connectivity index (χ4n) is 2.67. The van der Waals surface area contributed by atoms with Crippen LogP contribution in [0.15, 0.2) is 28.7 Å². The summed E-state index contributed by atoms with van der Waals surface area (Å²) in [4.78, 5) is 25.2. The largest absolute Gasteiger partial charge is 0.522 e. The van der Waals surface area contributed by atoms with Crippen LogP contribution >= 0.6 is 0 Å². The lowest BCUT2D eigenvalue weighted by molar-refractivity contribution is -0.325. The summed E-state index contributed by atoms with van der Waals surface area (Å²) >= 11 is 0. The Kier molecular flexibility index (Phi) is 7.20. The van der Waals surface area contributed by atoms with Crippen LogP contribution in [0.2, 0.25) is 0 Å². The second-order valence-electron chi connectivity index (χ2n) is 6.32. The molecule has 0 bridgehead atoms. The molecule has 2 heterocycles. The Hall–Kier alpha value is -3.03. The highest BCUT2D eigenvalue weighted by atomic mass is 19.4. The number of halogens is 3. The average Bonchev–Trinajstić information content (AvgIpc) is 3.24. The van der Waals surface area contributed by atoms with Gasteiger partial charge in [-0.2, -0.15) is 0 Å². The highest BCUT2D eigenvalue weighted by Gasteiger charge is 2.33. The van der Waals surface area contributed by atoms with Crippen molar-refractivity contribution in [2.45, 2.75) is 18.7 Å². The minimum atomic E-state index is -4.76. The molecular formula is C18H18F3N3O7. The van der Waals surface area contributed by atoms with Gasteiger partial charge < -0.3 is 23.5 Å². The minimum absolute atomic E-state index is 0.0775. The predicted octanol–water partition coefficient (Wildman–Crippen LogP) is 1.98. The van der Waals surface area contributed by atoms with Gasteiger partial charge in [0.15, 0.2) is 6.29 Å². The van der Waals surface area contributed by atoms with E-state index >= 15 is 0 Å². The molecule has 13 heteroatoms. The van der Waals surface area contributed by atoms with Crippen LogP contribution in [0.4, 0.5) is 13.2 Å². The summed E-state index contributed by atoms with van der Waals surface area (Å²) in [5.41, 5.74) is 0.532. The smallest absolute Gasteiger partial charge is 0.447 e. The van der Waals surface area contributed by atoms with Gasteiger partial charge in [0.2, 0.25) is 6.29 Å². The van der Waals surface area contributed by atoms with Gasteiger partial charge in [0.05, 0.1) is 31.4 Å². The summed E-state index contributed by atoms with van der Waals surface area (Å²) in [6, 6.07) is 5.96. The monoisotopic (exact) mass is 445 g/mol. The molecule has 0 aliphatic carbocycles. The summed E-state index contributed by atoms with van der Waals surface area (Å²) in [5, 5.41) is 7.20. The van der Waals surface area contributed by atoms with E-state index in [0.29, 0.717) is 6.29 Å². The number of nitrogens with zero attached hydrogens (tertiary/aromatic N) is 3. The van der Waals surface area contributed by atoms with E-state index < -0.39 is 31.9 Å². The molecule has 1 aromatic heterocycles.